The molecule has 0 aliphatic rings. The highest BCUT2D eigenvalue weighted by Gasteiger charge is 2.38. The molecule has 0 amide bonds. The normalized spacial score (nSPS) is 14.1. The van der Waals surface area contributed by atoms with E-state index in [0.717, 1.165) is 13.0 Å². The van der Waals surface area contributed by atoms with Crippen molar-refractivity contribution in [3.63, 3.8) is 0 Å². The van der Waals surface area contributed by atoms with Crippen LogP contribution < -0.4 is 0 Å². The Morgan fingerprint density at radius 3 is 1.93 bits per heavy atom. The smallest absolute Gasteiger partial charge is 0.192 e. The molecule has 0 aromatic heterocycles. The van der Waals surface area contributed by atoms with E-state index in [2.05, 4.69) is 54.3 Å². The van der Waals surface area contributed by atoms with Gasteiger partial charge in [-0.1, -0.05) is 40.7 Å². The molecular formula is C13H28OSi. The molecule has 0 aliphatic heterocycles. The standard InChI is InChI=1S/C13H28OSi/c1-9-10-13(5,6)11-14-15(7,8)12(2,3)4/h9H,1,10-11H2,2-8H3. The molecule has 0 spiro atoms. The van der Waals surface area contributed by atoms with Gasteiger partial charge in [0.2, 0.25) is 0 Å². The van der Waals surface area contributed by atoms with Gasteiger partial charge in [0.25, 0.3) is 0 Å². The molecule has 1 nitrogen and oxygen atoms in total. The zero-order valence-corrected chi connectivity index (χ0v) is 12.6. The topological polar surface area (TPSA) is 9.23 Å². The predicted octanol–water partition coefficient (Wildman–Crippen LogP) is 4.61. The van der Waals surface area contributed by atoms with Crippen molar-refractivity contribution in [3.05, 3.63) is 12.7 Å². The molecule has 0 N–H and O–H groups in total. The lowest BCUT2D eigenvalue weighted by atomic mass is 9.91. The zero-order chi connectivity index (χ0) is 12.3. The molecule has 0 radical (unpaired) electrons. The Morgan fingerprint density at radius 2 is 1.60 bits per heavy atom. The lowest BCUT2D eigenvalue weighted by Crippen LogP contribution is -2.43. The summed E-state index contributed by atoms with van der Waals surface area (Å²) in [5, 5.41) is 0.303. The van der Waals surface area contributed by atoms with Gasteiger partial charge in [-0.15, -0.1) is 6.58 Å². The Hall–Kier alpha value is -0.0831. The van der Waals surface area contributed by atoms with Crippen molar-refractivity contribution < 1.29 is 4.43 Å². The largest absolute Gasteiger partial charge is 0.416 e. The highest BCUT2D eigenvalue weighted by molar-refractivity contribution is 6.74. The van der Waals surface area contributed by atoms with Crippen molar-refractivity contribution in [2.24, 2.45) is 5.41 Å². The molecule has 0 unspecified atom stereocenters. The molecule has 0 aromatic rings. The first-order valence-corrected chi connectivity index (χ1v) is 8.67. The monoisotopic (exact) mass is 228 g/mol. The third-order valence-corrected chi connectivity index (χ3v) is 7.81. The summed E-state index contributed by atoms with van der Waals surface area (Å²) in [5.41, 5.74) is 0.220. The van der Waals surface area contributed by atoms with Gasteiger partial charge < -0.3 is 4.43 Å². The number of rotatable bonds is 5. The molecule has 0 aliphatic carbocycles. The molecule has 15 heavy (non-hydrogen) atoms. The molecule has 0 atom stereocenters. The van der Waals surface area contributed by atoms with Crippen LogP contribution in [0.15, 0.2) is 12.7 Å². The van der Waals surface area contributed by atoms with Gasteiger partial charge in [0.15, 0.2) is 8.32 Å². The van der Waals surface area contributed by atoms with Gasteiger partial charge in [-0.25, -0.2) is 0 Å². The van der Waals surface area contributed by atoms with E-state index < -0.39 is 8.32 Å². The quantitative estimate of drug-likeness (QED) is 0.493. The molecular weight excluding hydrogens is 200 g/mol. The third-order valence-electron chi connectivity index (χ3n) is 3.33. The second-order valence-corrected chi connectivity index (χ2v) is 11.5. The van der Waals surface area contributed by atoms with Crippen molar-refractivity contribution in [1.29, 1.82) is 0 Å². The van der Waals surface area contributed by atoms with Crippen LogP contribution in [0.1, 0.15) is 41.0 Å². The summed E-state index contributed by atoms with van der Waals surface area (Å²) in [7, 11) is -1.58. The van der Waals surface area contributed by atoms with Gasteiger partial charge in [0, 0.05) is 6.61 Å². The Labute approximate surface area is 97.0 Å². The maximum atomic E-state index is 6.20. The molecule has 0 bridgehead atoms. The predicted molar refractivity (Wildman–Crippen MR) is 71.7 cm³/mol. The van der Waals surface area contributed by atoms with E-state index >= 15 is 0 Å². The fourth-order valence-corrected chi connectivity index (χ4v) is 2.23. The van der Waals surface area contributed by atoms with Crippen LogP contribution in [0, 0.1) is 5.41 Å². The summed E-state index contributed by atoms with van der Waals surface area (Å²) in [6.07, 6.45) is 3.00. The second kappa shape index (κ2) is 4.83. The molecule has 2 heteroatoms. The molecule has 0 heterocycles. The van der Waals surface area contributed by atoms with Gasteiger partial charge >= 0.3 is 0 Å². The van der Waals surface area contributed by atoms with Crippen LogP contribution in [-0.2, 0) is 4.43 Å². The summed E-state index contributed by atoms with van der Waals surface area (Å²) in [4.78, 5) is 0. The highest BCUT2D eigenvalue weighted by Crippen LogP contribution is 2.37. The summed E-state index contributed by atoms with van der Waals surface area (Å²) in [6, 6.07) is 0. The average Bonchev–Trinajstić information content (AvgIpc) is 1.99. The van der Waals surface area contributed by atoms with Crippen molar-refractivity contribution in [2.45, 2.75) is 59.2 Å². The fraction of sp³-hybridized carbons (Fsp3) is 0.846. The van der Waals surface area contributed by atoms with E-state index in [0.29, 0.717) is 5.04 Å². The Kier molecular flexibility index (Phi) is 4.81. The molecule has 0 saturated carbocycles. The van der Waals surface area contributed by atoms with Crippen LogP contribution in [0.4, 0.5) is 0 Å². The lowest BCUT2D eigenvalue weighted by Gasteiger charge is -2.38. The maximum Gasteiger partial charge on any atom is 0.192 e. The SMILES string of the molecule is C=CCC(C)(C)CO[Si](C)(C)C(C)(C)C. The van der Waals surface area contributed by atoms with E-state index in [-0.39, 0.29) is 5.41 Å². The Bertz CT molecular complexity index is 211. The summed E-state index contributed by atoms with van der Waals surface area (Å²) in [6.45, 7) is 20.6. The van der Waals surface area contributed by atoms with E-state index in [1.165, 1.54) is 0 Å². The van der Waals surface area contributed by atoms with Gasteiger partial charge in [0.1, 0.15) is 0 Å². The number of hydrogen-bond acceptors (Lipinski definition) is 1. The lowest BCUT2D eigenvalue weighted by molar-refractivity contribution is 0.167. The fourth-order valence-electron chi connectivity index (χ4n) is 1.04. The first kappa shape index (κ1) is 14.9. The highest BCUT2D eigenvalue weighted by atomic mass is 28.4. The maximum absolute atomic E-state index is 6.20. The van der Waals surface area contributed by atoms with Crippen LogP contribution in [0.3, 0.4) is 0 Å². The van der Waals surface area contributed by atoms with Crippen LogP contribution in [0.2, 0.25) is 18.1 Å². The van der Waals surface area contributed by atoms with Crippen LogP contribution >= 0.6 is 0 Å². The van der Waals surface area contributed by atoms with Crippen molar-refractivity contribution in [2.75, 3.05) is 6.61 Å². The zero-order valence-electron chi connectivity index (χ0n) is 11.6. The third kappa shape index (κ3) is 4.98. The van der Waals surface area contributed by atoms with E-state index in [1.54, 1.807) is 0 Å². The summed E-state index contributed by atoms with van der Waals surface area (Å²) in [5.74, 6) is 0. The van der Waals surface area contributed by atoms with Crippen LogP contribution in [0.25, 0.3) is 0 Å². The van der Waals surface area contributed by atoms with Crippen molar-refractivity contribution >= 4 is 8.32 Å². The minimum Gasteiger partial charge on any atom is -0.416 e. The van der Waals surface area contributed by atoms with Crippen LogP contribution in [-0.4, -0.2) is 14.9 Å². The second-order valence-electron chi connectivity index (χ2n) is 6.71. The Balaban J connectivity index is 4.32. The van der Waals surface area contributed by atoms with Crippen molar-refractivity contribution in [3.8, 4) is 0 Å². The van der Waals surface area contributed by atoms with Gasteiger partial charge in [0.05, 0.1) is 0 Å². The summed E-state index contributed by atoms with van der Waals surface area (Å²) < 4.78 is 6.20. The van der Waals surface area contributed by atoms with E-state index in [1.807, 2.05) is 6.08 Å². The molecule has 0 aromatic carbocycles. The van der Waals surface area contributed by atoms with Crippen molar-refractivity contribution in [1.82, 2.24) is 0 Å². The minimum absolute atomic E-state index is 0.220. The van der Waals surface area contributed by atoms with Gasteiger partial charge in [-0.3, -0.25) is 0 Å². The van der Waals surface area contributed by atoms with Gasteiger partial charge in [-0.05, 0) is 30.0 Å². The molecule has 0 rings (SSSR count). The molecule has 0 saturated heterocycles. The summed E-state index contributed by atoms with van der Waals surface area (Å²) >= 11 is 0. The molecule has 90 valence electrons. The first-order valence-electron chi connectivity index (χ1n) is 5.77. The number of allylic oxidation sites excluding steroid dienone is 1. The van der Waals surface area contributed by atoms with E-state index in [4.69, 9.17) is 4.43 Å². The first-order chi connectivity index (χ1) is 6.52. The van der Waals surface area contributed by atoms with Gasteiger partial charge in [-0.2, -0.15) is 0 Å². The Morgan fingerprint density at radius 1 is 1.13 bits per heavy atom. The number of hydrogen-bond donors (Lipinski definition) is 0. The van der Waals surface area contributed by atoms with E-state index in [9.17, 15) is 0 Å². The average molecular weight is 228 g/mol. The molecule has 0 fully saturated rings. The minimum atomic E-state index is -1.58. The van der Waals surface area contributed by atoms with Crippen LogP contribution in [0.5, 0.6) is 0 Å².